The zero-order valence-corrected chi connectivity index (χ0v) is 25.6. The molecule has 40 heavy (non-hydrogen) atoms. The first-order valence-electron chi connectivity index (χ1n) is 14.4. The van der Waals surface area contributed by atoms with Crippen molar-refractivity contribution < 1.29 is 27.2 Å². The Labute approximate surface area is 238 Å². The molecule has 8 nitrogen and oxygen atoms in total. The Morgan fingerprint density at radius 1 is 1.02 bits per heavy atom. The summed E-state index contributed by atoms with van der Waals surface area (Å²) in [6.07, 6.45) is 7.42. The Balaban J connectivity index is 2.20. The molecule has 0 amide bonds. The predicted molar refractivity (Wildman–Crippen MR) is 159 cm³/mol. The minimum atomic E-state index is -3.66. The third kappa shape index (κ3) is 7.30. The minimum absolute atomic E-state index is 0.0161. The van der Waals surface area contributed by atoms with Gasteiger partial charge in [0.1, 0.15) is 17.7 Å². The molecule has 2 atom stereocenters. The van der Waals surface area contributed by atoms with Crippen LogP contribution in [0.15, 0.2) is 34.7 Å². The number of ether oxygens (including phenoxy) is 1. The summed E-state index contributed by atoms with van der Waals surface area (Å²) in [4.78, 5) is 30.2. The van der Waals surface area contributed by atoms with Crippen molar-refractivity contribution in [3.05, 3.63) is 52.1 Å². The fourth-order valence-corrected chi connectivity index (χ4v) is 5.34. The van der Waals surface area contributed by atoms with Crippen molar-refractivity contribution in [2.24, 2.45) is 0 Å². The van der Waals surface area contributed by atoms with Crippen LogP contribution in [0.4, 0.5) is 5.88 Å². The largest absolute Gasteiger partial charge is 0.439 e. The molecule has 1 aromatic carbocycles. The van der Waals surface area contributed by atoms with Crippen molar-refractivity contribution in [1.29, 1.82) is 0 Å². The van der Waals surface area contributed by atoms with Crippen molar-refractivity contribution in [3.8, 4) is 0 Å². The van der Waals surface area contributed by atoms with Crippen molar-refractivity contribution >= 4 is 39.1 Å². The van der Waals surface area contributed by atoms with Crippen molar-refractivity contribution in [2.45, 2.75) is 85.0 Å². The maximum absolute atomic E-state index is 14.1. The topological polar surface area (TPSA) is 97.1 Å². The second-order valence-electron chi connectivity index (χ2n) is 10.5. The van der Waals surface area contributed by atoms with Crippen LogP contribution in [-0.4, -0.2) is 63.6 Å². The molecular formula is C31H44N2O6S. The normalized spacial score (nSPS) is 16.1. The van der Waals surface area contributed by atoms with E-state index in [4.69, 9.17) is 9.15 Å². The summed E-state index contributed by atoms with van der Waals surface area (Å²) in [5, 5.41) is 0.374. The van der Waals surface area contributed by atoms with Crippen LogP contribution in [0, 0.1) is 0 Å². The molecule has 0 bridgehead atoms. The van der Waals surface area contributed by atoms with E-state index in [1.165, 1.54) is 7.05 Å². The van der Waals surface area contributed by atoms with Gasteiger partial charge < -0.3 is 9.15 Å². The predicted octanol–water partition coefficient (Wildman–Crippen LogP) is 4.05. The second-order valence-corrected chi connectivity index (χ2v) is 12.5. The molecule has 0 spiro atoms. The number of ketones is 2. The number of hydrogen-bond acceptors (Lipinski definition) is 7. The third-order valence-electron chi connectivity index (χ3n) is 7.35. The van der Waals surface area contributed by atoms with Gasteiger partial charge in [0.2, 0.25) is 15.9 Å². The number of carbonyl (C=O) groups excluding carboxylic acids is 2. The van der Waals surface area contributed by atoms with Gasteiger partial charge in [0.15, 0.2) is 11.6 Å². The molecule has 0 fully saturated rings. The molecule has 9 heteroatoms. The van der Waals surface area contributed by atoms with E-state index in [9.17, 15) is 18.0 Å². The van der Waals surface area contributed by atoms with Crippen molar-refractivity contribution in [2.75, 3.05) is 30.7 Å². The lowest BCUT2D eigenvalue weighted by molar-refractivity contribution is -0.131. The van der Waals surface area contributed by atoms with Crippen molar-refractivity contribution in [3.63, 3.8) is 0 Å². The number of unbranched alkanes of at least 4 members (excludes halogenated alkanes) is 3. The van der Waals surface area contributed by atoms with E-state index in [1.54, 1.807) is 30.3 Å². The Bertz CT molecular complexity index is 1390. The maximum atomic E-state index is 14.1. The van der Waals surface area contributed by atoms with Crippen LogP contribution in [0.2, 0.25) is 0 Å². The molecule has 0 saturated carbocycles. The Kier molecular flexibility index (Phi) is 11.3. The smallest absolute Gasteiger partial charge is 0.234 e. The number of sulfonamides is 1. The average Bonchev–Trinajstić information content (AvgIpc) is 3.28. The molecule has 1 heterocycles. The first kappa shape index (κ1) is 31.8. The Hall–Kier alpha value is -2.75. The summed E-state index contributed by atoms with van der Waals surface area (Å²) in [6.45, 7) is 9.91. The van der Waals surface area contributed by atoms with E-state index in [0.29, 0.717) is 28.2 Å². The minimum Gasteiger partial charge on any atom is -0.439 e. The molecule has 0 saturated heterocycles. The first-order chi connectivity index (χ1) is 19.0. The lowest BCUT2D eigenvalue weighted by Crippen LogP contribution is -2.46. The van der Waals surface area contributed by atoms with E-state index in [0.717, 1.165) is 62.2 Å². The number of fused-ring (bicyclic) bond motifs is 1. The summed E-state index contributed by atoms with van der Waals surface area (Å²) in [7, 11) is -2.24. The molecule has 2 unspecified atom stereocenters. The number of benzene rings is 1. The quantitative estimate of drug-likeness (QED) is 0.221. The number of Topliss-reactive ketones (excluding diaryl/α,β-unsaturated/α-hetero) is 2. The van der Waals surface area contributed by atoms with E-state index in [-0.39, 0.29) is 17.7 Å². The highest BCUT2D eigenvalue weighted by Crippen LogP contribution is 2.25. The number of anilines is 1. The molecule has 1 aliphatic rings. The second kappa shape index (κ2) is 14.2. The highest BCUT2D eigenvalue weighted by molar-refractivity contribution is 7.92. The maximum Gasteiger partial charge on any atom is 0.234 e. The van der Waals surface area contributed by atoms with Gasteiger partial charge in [-0.15, -0.1) is 0 Å². The molecule has 2 aromatic rings. The third-order valence-corrected chi connectivity index (χ3v) is 8.51. The van der Waals surface area contributed by atoms with Gasteiger partial charge >= 0.3 is 0 Å². The van der Waals surface area contributed by atoms with Crippen LogP contribution in [0.25, 0.3) is 11.6 Å². The summed E-state index contributed by atoms with van der Waals surface area (Å²) < 4.78 is 38.6. The van der Waals surface area contributed by atoms with Gasteiger partial charge in [0, 0.05) is 36.5 Å². The van der Waals surface area contributed by atoms with Crippen LogP contribution in [0.1, 0.15) is 82.1 Å². The lowest BCUT2D eigenvalue weighted by atomic mass is 9.90. The number of furan rings is 1. The molecule has 0 aliphatic heterocycles. The molecular weight excluding hydrogens is 528 g/mol. The van der Waals surface area contributed by atoms with Crippen LogP contribution in [-0.2, 0) is 26.0 Å². The number of nitrogens with zero attached hydrogens (tertiary/aromatic N) is 2. The summed E-state index contributed by atoms with van der Waals surface area (Å²) in [5.74, 6) is -0.738. The van der Waals surface area contributed by atoms with E-state index in [1.807, 2.05) is 19.9 Å². The van der Waals surface area contributed by atoms with E-state index in [2.05, 4.69) is 18.7 Å². The van der Waals surface area contributed by atoms with Gasteiger partial charge in [-0.05, 0) is 38.7 Å². The van der Waals surface area contributed by atoms with Crippen LogP contribution in [0.5, 0.6) is 0 Å². The van der Waals surface area contributed by atoms with E-state index < -0.39 is 27.7 Å². The standard InChI is InChI=1S/C31H44N2O6S/c1-7-10-18-24-27-25(39-31(24)32(5)40(6,36)37)21-26(38-22(4)33(19-11-8-2)20-12-9-3)30(35)28(27)29(34)23-16-14-13-15-17-23/h13-17,21-22,26H,7-12,18-20H2,1-6H3. The highest BCUT2D eigenvalue weighted by Gasteiger charge is 2.36. The molecule has 1 aromatic heterocycles. The number of hydrogen-bond donors (Lipinski definition) is 0. The van der Waals surface area contributed by atoms with E-state index >= 15 is 0 Å². The number of rotatable bonds is 16. The highest BCUT2D eigenvalue weighted by atomic mass is 32.2. The molecule has 0 N–H and O–H groups in total. The zero-order chi connectivity index (χ0) is 29.4. The van der Waals surface area contributed by atoms with Gasteiger partial charge in [0.25, 0.3) is 0 Å². The fourth-order valence-electron chi connectivity index (χ4n) is 4.89. The monoisotopic (exact) mass is 572 g/mol. The van der Waals surface area contributed by atoms with Crippen LogP contribution in [0.3, 0.4) is 0 Å². The summed E-state index contributed by atoms with van der Waals surface area (Å²) in [6, 6.07) is 8.65. The zero-order valence-electron chi connectivity index (χ0n) is 24.7. The molecule has 220 valence electrons. The van der Waals surface area contributed by atoms with Gasteiger partial charge in [-0.1, -0.05) is 70.4 Å². The molecule has 0 radical (unpaired) electrons. The van der Waals surface area contributed by atoms with Crippen molar-refractivity contribution in [1.82, 2.24) is 4.90 Å². The van der Waals surface area contributed by atoms with Gasteiger partial charge in [0.05, 0.1) is 11.8 Å². The fraction of sp³-hybridized carbons (Fsp3) is 0.548. The first-order valence-corrected chi connectivity index (χ1v) is 16.2. The van der Waals surface area contributed by atoms with Crippen LogP contribution < -0.4 is 14.9 Å². The number of carbonyl (C=O) groups is 2. The lowest BCUT2D eigenvalue weighted by Gasteiger charge is -2.31. The Morgan fingerprint density at radius 2 is 1.62 bits per heavy atom. The van der Waals surface area contributed by atoms with Gasteiger partial charge in [-0.3, -0.25) is 14.5 Å². The SMILES string of the molecule is CCCCc1c(N(C)S(C)(=O)=O)oc2c1=C(C(=O)c1ccccc1)C(=O)C(OC(C)N(CCCC)CCCC)C=2. The summed E-state index contributed by atoms with van der Waals surface area (Å²) in [5.41, 5.74) is 1.20. The van der Waals surface area contributed by atoms with Gasteiger partial charge in [-0.25, -0.2) is 12.7 Å². The summed E-state index contributed by atoms with van der Waals surface area (Å²) >= 11 is 0. The van der Waals surface area contributed by atoms with Gasteiger partial charge in [-0.2, -0.15) is 0 Å². The molecule has 3 rings (SSSR count). The average molecular weight is 573 g/mol. The Morgan fingerprint density at radius 3 is 2.17 bits per heavy atom. The molecule has 1 aliphatic carbocycles. The van der Waals surface area contributed by atoms with Crippen LogP contribution >= 0.6 is 0 Å².